The van der Waals surface area contributed by atoms with E-state index < -0.39 is 0 Å². The van der Waals surface area contributed by atoms with Crippen LogP contribution in [-0.4, -0.2) is 25.2 Å². The largest absolute Gasteiger partial charge is 0.508 e. The van der Waals surface area contributed by atoms with Crippen molar-refractivity contribution < 1.29 is 14.9 Å². The second kappa shape index (κ2) is 8.56. The highest BCUT2D eigenvalue weighted by Crippen LogP contribution is 2.32. The molecule has 2 N–H and O–H groups in total. The molecular weight excluding hydrogens is 390 g/mol. The summed E-state index contributed by atoms with van der Waals surface area (Å²) in [5, 5.41) is 20.0. The fraction of sp³-hybridized carbons (Fsp3) is 0.0800. The average Bonchev–Trinajstić information content (AvgIpc) is 2.78. The Morgan fingerprint density at radius 1 is 0.742 bits per heavy atom. The number of aromatic hydroxyl groups is 2. The highest BCUT2D eigenvalue weighted by atomic mass is 16.5. The predicted octanol–water partition coefficient (Wildman–Crippen LogP) is 4.95. The molecule has 6 heteroatoms. The van der Waals surface area contributed by atoms with Gasteiger partial charge in [-0.25, -0.2) is 15.0 Å². The highest BCUT2D eigenvalue weighted by Gasteiger charge is 2.15. The van der Waals surface area contributed by atoms with Gasteiger partial charge in [-0.15, -0.1) is 0 Å². The fourth-order valence-electron chi connectivity index (χ4n) is 2.95. The first-order chi connectivity index (χ1) is 15.0. The van der Waals surface area contributed by atoms with Crippen LogP contribution >= 0.6 is 0 Å². The van der Waals surface area contributed by atoms with E-state index in [1.807, 2.05) is 43.3 Å². The molecule has 0 aliphatic carbocycles. The Labute approximate surface area is 179 Å². The van der Waals surface area contributed by atoms with Crippen LogP contribution in [0.3, 0.4) is 0 Å². The first kappa shape index (κ1) is 19.9. The van der Waals surface area contributed by atoms with Crippen molar-refractivity contribution in [2.24, 2.45) is 0 Å². The molecule has 0 saturated heterocycles. The van der Waals surface area contributed by atoms with Crippen LogP contribution in [0.25, 0.3) is 34.2 Å². The van der Waals surface area contributed by atoms with Gasteiger partial charge >= 0.3 is 0 Å². The summed E-state index contributed by atoms with van der Waals surface area (Å²) in [5.41, 5.74) is 3.10. The summed E-state index contributed by atoms with van der Waals surface area (Å²) in [6, 6.07) is 19.4. The molecule has 0 radical (unpaired) electrons. The van der Waals surface area contributed by atoms with E-state index in [2.05, 4.69) is 27.0 Å². The number of hydrogen-bond acceptors (Lipinski definition) is 6. The number of benzene rings is 3. The molecule has 0 amide bonds. The normalized spacial score (nSPS) is 10.3. The van der Waals surface area contributed by atoms with E-state index in [-0.39, 0.29) is 11.5 Å². The molecule has 0 saturated carbocycles. The molecule has 3 aromatic carbocycles. The maximum Gasteiger partial charge on any atom is 0.167 e. The molecule has 0 bridgehead atoms. The van der Waals surface area contributed by atoms with Crippen LogP contribution in [0.2, 0.25) is 0 Å². The van der Waals surface area contributed by atoms with E-state index in [1.165, 1.54) is 12.1 Å². The monoisotopic (exact) mass is 409 g/mol. The Bertz CT molecular complexity index is 1290. The Hall–Kier alpha value is -4.37. The highest BCUT2D eigenvalue weighted by molar-refractivity contribution is 5.70. The second-order valence-corrected chi connectivity index (χ2v) is 6.85. The second-order valence-electron chi connectivity index (χ2n) is 6.85. The molecule has 0 fully saturated rings. The van der Waals surface area contributed by atoms with Crippen LogP contribution in [0.5, 0.6) is 17.2 Å². The van der Waals surface area contributed by atoms with Crippen LogP contribution in [0.15, 0.2) is 66.7 Å². The van der Waals surface area contributed by atoms with Crippen molar-refractivity contribution in [3.8, 4) is 63.4 Å². The third kappa shape index (κ3) is 4.46. The lowest BCUT2D eigenvalue weighted by Gasteiger charge is -2.10. The van der Waals surface area contributed by atoms with Crippen molar-refractivity contribution in [2.75, 3.05) is 0 Å². The van der Waals surface area contributed by atoms with Crippen molar-refractivity contribution in [3.63, 3.8) is 0 Å². The maximum atomic E-state index is 10.3. The van der Waals surface area contributed by atoms with Gasteiger partial charge in [0.05, 0.1) is 5.56 Å². The lowest BCUT2D eigenvalue weighted by molar-refractivity contribution is 0.451. The summed E-state index contributed by atoms with van der Waals surface area (Å²) in [5.74, 6) is 4.36. The maximum absolute atomic E-state index is 10.3. The van der Waals surface area contributed by atoms with E-state index in [4.69, 9.17) is 4.74 Å². The third-order valence-electron chi connectivity index (χ3n) is 4.55. The number of hydrogen-bond donors (Lipinski definition) is 2. The molecule has 31 heavy (non-hydrogen) atoms. The summed E-state index contributed by atoms with van der Waals surface area (Å²) in [4.78, 5) is 13.8. The molecule has 0 aliphatic rings. The standard InChI is InChI=1S/C25H19N3O3/c1-3-14-31-20-11-8-18(9-12-20)24-26-23(17-6-4-16(2)5-7-17)27-25(28-24)21-13-10-19(29)15-22(21)30/h4-13,15,29-30H,1-2H3. The number of rotatable bonds is 4. The van der Waals surface area contributed by atoms with Gasteiger partial charge in [0.1, 0.15) is 23.4 Å². The van der Waals surface area contributed by atoms with E-state index in [9.17, 15) is 10.2 Å². The zero-order chi connectivity index (χ0) is 21.8. The zero-order valence-corrected chi connectivity index (χ0v) is 17.0. The molecule has 0 aliphatic heterocycles. The Balaban J connectivity index is 1.84. The minimum atomic E-state index is -0.117. The summed E-state index contributed by atoms with van der Waals surface area (Å²) >= 11 is 0. The van der Waals surface area contributed by atoms with E-state index >= 15 is 0 Å². The quantitative estimate of drug-likeness (QED) is 0.464. The minimum Gasteiger partial charge on any atom is -0.508 e. The number of aromatic nitrogens is 3. The van der Waals surface area contributed by atoms with Gasteiger partial charge in [-0.3, -0.25) is 0 Å². The third-order valence-corrected chi connectivity index (χ3v) is 4.55. The topological polar surface area (TPSA) is 88.4 Å². The van der Waals surface area contributed by atoms with Gasteiger partial charge in [0.15, 0.2) is 17.5 Å². The summed E-state index contributed by atoms with van der Waals surface area (Å²) in [7, 11) is 0. The average molecular weight is 409 g/mol. The van der Waals surface area contributed by atoms with Crippen molar-refractivity contribution in [3.05, 3.63) is 72.3 Å². The van der Waals surface area contributed by atoms with E-state index in [1.54, 1.807) is 25.1 Å². The van der Waals surface area contributed by atoms with Crippen molar-refractivity contribution >= 4 is 0 Å². The fourth-order valence-corrected chi connectivity index (χ4v) is 2.95. The van der Waals surface area contributed by atoms with Crippen LogP contribution in [-0.2, 0) is 0 Å². The van der Waals surface area contributed by atoms with Crippen molar-refractivity contribution in [2.45, 2.75) is 13.8 Å². The Morgan fingerprint density at radius 3 is 1.90 bits per heavy atom. The molecule has 6 nitrogen and oxygen atoms in total. The molecule has 4 aromatic rings. The van der Waals surface area contributed by atoms with Gasteiger partial charge in [0.25, 0.3) is 0 Å². The number of phenols is 2. The van der Waals surface area contributed by atoms with Crippen LogP contribution in [0.1, 0.15) is 12.5 Å². The SMILES string of the molecule is CC#COc1ccc(-c2nc(-c3ccc(C)cc3)nc(-c3ccc(O)cc3O)n2)cc1. The molecule has 4 rings (SSSR count). The number of ether oxygens (including phenoxy) is 1. The van der Waals surface area contributed by atoms with Crippen LogP contribution < -0.4 is 4.74 Å². The Kier molecular flexibility index (Phi) is 5.50. The smallest absolute Gasteiger partial charge is 0.167 e. The van der Waals surface area contributed by atoms with Crippen molar-refractivity contribution in [1.82, 2.24) is 15.0 Å². The number of aryl methyl sites for hydroxylation is 1. The van der Waals surface area contributed by atoms with Gasteiger partial charge in [0.2, 0.25) is 0 Å². The molecule has 1 aromatic heterocycles. The van der Waals surface area contributed by atoms with E-state index in [0.717, 1.165) is 16.7 Å². The summed E-state index contributed by atoms with van der Waals surface area (Å²) in [6.45, 7) is 3.71. The molecule has 0 spiro atoms. The lowest BCUT2D eigenvalue weighted by Crippen LogP contribution is -2.00. The summed E-state index contributed by atoms with van der Waals surface area (Å²) < 4.78 is 5.30. The van der Waals surface area contributed by atoms with Gasteiger partial charge in [0, 0.05) is 24.1 Å². The zero-order valence-electron chi connectivity index (χ0n) is 17.0. The van der Waals surface area contributed by atoms with Gasteiger partial charge < -0.3 is 14.9 Å². The van der Waals surface area contributed by atoms with Gasteiger partial charge in [-0.1, -0.05) is 35.7 Å². The molecule has 0 unspecified atom stereocenters. The first-order valence-corrected chi connectivity index (χ1v) is 9.58. The summed E-state index contributed by atoms with van der Waals surface area (Å²) in [6.07, 6.45) is 2.56. The van der Waals surface area contributed by atoms with Crippen LogP contribution in [0, 0.1) is 19.0 Å². The Morgan fingerprint density at radius 2 is 1.32 bits per heavy atom. The van der Waals surface area contributed by atoms with Gasteiger partial charge in [-0.2, -0.15) is 0 Å². The molecule has 152 valence electrons. The molecular formula is C25H19N3O3. The molecule has 0 atom stereocenters. The number of phenolic OH excluding ortho intramolecular Hbond substituents is 2. The lowest BCUT2D eigenvalue weighted by atomic mass is 10.1. The predicted molar refractivity (Wildman–Crippen MR) is 118 cm³/mol. The van der Waals surface area contributed by atoms with Crippen molar-refractivity contribution in [1.29, 1.82) is 0 Å². The van der Waals surface area contributed by atoms with Crippen LogP contribution in [0.4, 0.5) is 0 Å². The first-order valence-electron chi connectivity index (χ1n) is 9.58. The minimum absolute atomic E-state index is 0.0416. The van der Waals surface area contributed by atoms with E-state index in [0.29, 0.717) is 28.8 Å². The molecule has 1 heterocycles. The van der Waals surface area contributed by atoms with Gasteiger partial charge in [-0.05, 0) is 43.3 Å². The number of nitrogens with zero attached hydrogens (tertiary/aromatic N) is 3.